The van der Waals surface area contributed by atoms with E-state index < -0.39 is 5.82 Å². The van der Waals surface area contributed by atoms with Crippen molar-refractivity contribution in [2.24, 2.45) is 0 Å². The standard InChI is InChI=1S/C20H23FN2O5/c1-13(24)23(9-8-19(25)22-15-7-5-6-14(21)10-15)16-11-17(26-2)20(28-4)18(12-16)27-3/h5-7,10-12H,8-9H2,1-4H3,(H,22,25). The third kappa shape index (κ3) is 5.12. The summed E-state index contributed by atoms with van der Waals surface area (Å²) in [4.78, 5) is 25.8. The molecule has 0 radical (unpaired) electrons. The van der Waals surface area contributed by atoms with Crippen LogP contribution >= 0.6 is 0 Å². The number of halogens is 1. The summed E-state index contributed by atoms with van der Waals surface area (Å²) in [7, 11) is 4.44. The number of hydrogen-bond acceptors (Lipinski definition) is 5. The molecule has 8 heteroatoms. The molecule has 150 valence electrons. The topological polar surface area (TPSA) is 77.1 Å². The molecule has 1 N–H and O–H groups in total. The Balaban J connectivity index is 2.17. The van der Waals surface area contributed by atoms with Gasteiger partial charge in [0.1, 0.15) is 5.82 Å². The number of ether oxygens (including phenoxy) is 3. The summed E-state index contributed by atoms with van der Waals surface area (Å²) >= 11 is 0. The number of anilines is 2. The normalized spacial score (nSPS) is 10.2. The molecule has 2 rings (SSSR count). The van der Waals surface area contributed by atoms with E-state index in [9.17, 15) is 14.0 Å². The number of hydrogen-bond donors (Lipinski definition) is 1. The Morgan fingerprint density at radius 3 is 2.18 bits per heavy atom. The number of rotatable bonds is 8. The van der Waals surface area contributed by atoms with Gasteiger partial charge in [0.15, 0.2) is 11.5 Å². The molecule has 0 fully saturated rings. The Morgan fingerprint density at radius 1 is 1.04 bits per heavy atom. The maximum Gasteiger partial charge on any atom is 0.226 e. The summed E-state index contributed by atoms with van der Waals surface area (Å²) in [6.07, 6.45) is 0.0206. The van der Waals surface area contributed by atoms with Gasteiger partial charge in [-0.1, -0.05) is 6.07 Å². The van der Waals surface area contributed by atoms with Gasteiger partial charge in [0.2, 0.25) is 17.6 Å². The Hall–Kier alpha value is -3.29. The molecule has 0 bridgehead atoms. The highest BCUT2D eigenvalue weighted by Gasteiger charge is 2.20. The van der Waals surface area contributed by atoms with E-state index in [2.05, 4.69) is 5.32 Å². The number of methoxy groups -OCH3 is 3. The number of carbonyl (C=O) groups excluding carboxylic acids is 2. The summed E-state index contributed by atoms with van der Waals surface area (Å²) in [6.45, 7) is 1.52. The van der Waals surface area contributed by atoms with Crippen LogP contribution in [0.15, 0.2) is 36.4 Å². The van der Waals surface area contributed by atoms with Crippen molar-refractivity contribution in [3.8, 4) is 17.2 Å². The molecule has 2 amide bonds. The van der Waals surface area contributed by atoms with Crippen LogP contribution in [0.1, 0.15) is 13.3 Å². The summed E-state index contributed by atoms with van der Waals surface area (Å²) in [6, 6.07) is 8.86. The summed E-state index contributed by atoms with van der Waals surface area (Å²) < 4.78 is 29.1. The SMILES string of the molecule is COc1cc(N(CCC(=O)Nc2cccc(F)c2)C(C)=O)cc(OC)c1OC. The highest BCUT2D eigenvalue weighted by Crippen LogP contribution is 2.41. The van der Waals surface area contributed by atoms with E-state index in [4.69, 9.17) is 14.2 Å². The molecule has 0 aliphatic carbocycles. The Labute approximate surface area is 163 Å². The van der Waals surface area contributed by atoms with Gasteiger partial charge < -0.3 is 24.4 Å². The lowest BCUT2D eigenvalue weighted by Crippen LogP contribution is -2.32. The van der Waals surface area contributed by atoms with Gasteiger partial charge in [0.25, 0.3) is 0 Å². The maximum atomic E-state index is 13.2. The van der Waals surface area contributed by atoms with Crippen LogP contribution in [0.4, 0.5) is 15.8 Å². The van der Waals surface area contributed by atoms with Crippen LogP contribution in [-0.2, 0) is 9.59 Å². The molecule has 0 aliphatic heterocycles. The highest BCUT2D eigenvalue weighted by atomic mass is 19.1. The Bertz CT molecular complexity index is 831. The number of carbonyl (C=O) groups is 2. The average molecular weight is 390 g/mol. The van der Waals surface area contributed by atoms with Crippen molar-refractivity contribution in [1.29, 1.82) is 0 Å². The van der Waals surface area contributed by atoms with E-state index in [-0.39, 0.29) is 24.8 Å². The van der Waals surface area contributed by atoms with E-state index in [0.29, 0.717) is 28.6 Å². The van der Waals surface area contributed by atoms with Crippen molar-refractivity contribution >= 4 is 23.2 Å². The lowest BCUT2D eigenvalue weighted by atomic mass is 10.2. The van der Waals surface area contributed by atoms with Gasteiger partial charge in [-0.2, -0.15) is 0 Å². The molecule has 0 heterocycles. The zero-order valence-electron chi connectivity index (χ0n) is 16.2. The molecule has 0 atom stereocenters. The molecular formula is C20H23FN2O5. The van der Waals surface area contributed by atoms with Gasteiger partial charge >= 0.3 is 0 Å². The summed E-state index contributed by atoms with van der Waals surface area (Å²) in [5.74, 6) is 0.151. The van der Waals surface area contributed by atoms with Gasteiger partial charge in [-0.3, -0.25) is 9.59 Å². The predicted octanol–water partition coefficient (Wildman–Crippen LogP) is 3.23. The number of nitrogens with zero attached hydrogens (tertiary/aromatic N) is 1. The Morgan fingerprint density at radius 2 is 1.68 bits per heavy atom. The van der Waals surface area contributed by atoms with Gasteiger partial charge in [0.05, 0.1) is 27.0 Å². The van der Waals surface area contributed by atoms with Crippen molar-refractivity contribution in [3.05, 3.63) is 42.2 Å². The molecule has 0 saturated heterocycles. The molecule has 0 spiro atoms. The zero-order valence-corrected chi connectivity index (χ0v) is 16.2. The van der Waals surface area contributed by atoms with E-state index >= 15 is 0 Å². The predicted molar refractivity (Wildman–Crippen MR) is 104 cm³/mol. The van der Waals surface area contributed by atoms with Crippen LogP contribution in [0.3, 0.4) is 0 Å². The van der Waals surface area contributed by atoms with Crippen molar-refractivity contribution in [3.63, 3.8) is 0 Å². The second-order valence-electron chi connectivity index (χ2n) is 5.86. The largest absolute Gasteiger partial charge is 0.493 e. The molecular weight excluding hydrogens is 367 g/mol. The van der Waals surface area contributed by atoms with Crippen LogP contribution in [-0.4, -0.2) is 39.7 Å². The molecule has 2 aromatic carbocycles. The monoisotopic (exact) mass is 390 g/mol. The Kier molecular flexibility index (Phi) is 7.20. The summed E-state index contributed by atoms with van der Waals surface area (Å²) in [5, 5.41) is 2.61. The van der Waals surface area contributed by atoms with Crippen LogP contribution in [0.5, 0.6) is 17.2 Å². The fourth-order valence-electron chi connectivity index (χ4n) is 2.69. The first-order valence-corrected chi connectivity index (χ1v) is 8.53. The molecule has 7 nitrogen and oxygen atoms in total. The van der Waals surface area contributed by atoms with Gasteiger partial charge in [-0.25, -0.2) is 4.39 Å². The van der Waals surface area contributed by atoms with Crippen LogP contribution in [0.25, 0.3) is 0 Å². The smallest absolute Gasteiger partial charge is 0.226 e. The van der Waals surface area contributed by atoms with E-state index in [1.165, 1.54) is 51.4 Å². The zero-order chi connectivity index (χ0) is 20.7. The maximum absolute atomic E-state index is 13.2. The molecule has 2 aromatic rings. The fraction of sp³-hybridized carbons (Fsp3) is 0.300. The summed E-state index contributed by atoms with van der Waals surface area (Å²) in [5.41, 5.74) is 0.854. The van der Waals surface area contributed by atoms with Crippen molar-refractivity contribution < 1.29 is 28.2 Å². The quantitative estimate of drug-likeness (QED) is 0.749. The number of benzene rings is 2. The minimum atomic E-state index is -0.444. The first-order chi connectivity index (χ1) is 13.4. The molecule has 0 aliphatic rings. The minimum Gasteiger partial charge on any atom is -0.493 e. The van der Waals surface area contributed by atoms with Crippen LogP contribution < -0.4 is 24.4 Å². The van der Waals surface area contributed by atoms with Crippen molar-refractivity contribution in [2.45, 2.75) is 13.3 Å². The first-order valence-electron chi connectivity index (χ1n) is 8.53. The van der Waals surface area contributed by atoms with E-state index in [1.54, 1.807) is 18.2 Å². The van der Waals surface area contributed by atoms with E-state index in [0.717, 1.165) is 0 Å². The third-order valence-electron chi connectivity index (χ3n) is 4.01. The number of amides is 2. The van der Waals surface area contributed by atoms with Gasteiger partial charge in [-0.05, 0) is 18.2 Å². The van der Waals surface area contributed by atoms with Gasteiger partial charge in [-0.15, -0.1) is 0 Å². The molecule has 28 heavy (non-hydrogen) atoms. The molecule has 0 saturated carbocycles. The lowest BCUT2D eigenvalue weighted by Gasteiger charge is -2.23. The van der Waals surface area contributed by atoms with Crippen LogP contribution in [0.2, 0.25) is 0 Å². The highest BCUT2D eigenvalue weighted by molar-refractivity contribution is 5.95. The van der Waals surface area contributed by atoms with Gasteiger partial charge in [0, 0.05) is 37.7 Å². The number of nitrogens with one attached hydrogen (secondary N) is 1. The second kappa shape index (κ2) is 9.59. The average Bonchev–Trinajstić information content (AvgIpc) is 2.66. The van der Waals surface area contributed by atoms with Crippen molar-refractivity contribution in [1.82, 2.24) is 0 Å². The third-order valence-corrected chi connectivity index (χ3v) is 4.01. The van der Waals surface area contributed by atoms with E-state index in [1.807, 2.05) is 0 Å². The minimum absolute atomic E-state index is 0.0206. The lowest BCUT2D eigenvalue weighted by molar-refractivity contribution is -0.117. The van der Waals surface area contributed by atoms with Crippen molar-refractivity contribution in [2.75, 3.05) is 38.1 Å². The molecule has 0 unspecified atom stereocenters. The molecule has 0 aromatic heterocycles. The second-order valence-corrected chi connectivity index (χ2v) is 5.86. The first kappa shape index (κ1) is 21.0. The fourth-order valence-corrected chi connectivity index (χ4v) is 2.69. The van der Waals surface area contributed by atoms with Crippen LogP contribution in [0, 0.1) is 5.82 Å².